The van der Waals surface area contributed by atoms with Gasteiger partial charge in [0.2, 0.25) is 5.91 Å². The van der Waals surface area contributed by atoms with Crippen LogP contribution in [0.3, 0.4) is 0 Å². The Hall–Kier alpha value is -1.46. The largest absolute Gasteiger partial charge is 0.381 e. The van der Waals surface area contributed by atoms with Crippen LogP contribution in [0.4, 0.5) is 4.39 Å². The van der Waals surface area contributed by atoms with Crippen molar-refractivity contribution in [1.82, 2.24) is 5.32 Å². The van der Waals surface area contributed by atoms with Crippen molar-refractivity contribution in [3.63, 3.8) is 0 Å². The minimum atomic E-state index is -0.528. The topological polar surface area (TPSA) is 64.4 Å². The molecule has 1 saturated heterocycles. The lowest BCUT2D eigenvalue weighted by molar-refractivity contribution is -0.122. The van der Waals surface area contributed by atoms with Crippen molar-refractivity contribution in [2.24, 2.45) is 5.73 Å². The summed E-state index contributed by atoms with van der Waals surface area (Å²) in [5.41, 5.74) is 6.40. The Morgan fingerprint density at radius 3 is 2.55 bits per heavy atom. The summed E-state index contributed by atoms with van der Waals surface area (Å²) in [7, 11) is 0. The molecule has 20 heavy (non-hydrogen) atoms. The zero-order valence-electron chi connectivity index (χ0n) is 11.7. The van der Waals surface area contributed by atoms with E-state index >= 15 is 0 Å². The number of ether oxygens (including phenoxy) is 1. The Morgan fingerprint density at radius 2 is 2.00 bits per heavy atom. The molecule has 5 heteroatoms. The minimum Gasteiger partial charge on any atom is -0.381 e. The van der Waals surface area contributed by atoms with Crippen LogP contribution in [0.25, 0.3) is 0 Å². The van der Waals surface area contributed by atoms with Crippen LogP contribution in [0, 0.1) is 5.82 Å². The highest BCUT2D eigenvalue weighted by Crippen LogP contribution is 2.34. The SMILES string of the molecule is C[C@@H](N)C(=O)NCC1(c2ccc(F)cc2)CCOCC1. The van der Waals surface area contributed by atoms with Gasteiger partial charge in [-0.3, -0.25) is 4.79 Å². The molecule has 4 nitrogen and oxygen atoms in total. The van der Waals surface area contributed by atoms with Crippen molar-refractivity contribution in [2.75, 3.05) is 19.8 Å². The first-order valence-electron chi connectivity index (χ1n) is 6.91. The smallest absolute Gasteiger partial charge is 0.236 e. The van der Waals surface area contributed by atoms with Crippen LogP contribution in [0.15, 0.2) is 24.3 Å². The molecule has 1 aromatic rings. The number of nitrogens with one attached hydrogen (secondary N) is 1. The first kappa shape index (κ1) is 14.9. The van der Waals surface area contributed by atoms with Crippen molar-refractivity contribution in [1.29, 1.82) is 0 Å². The minimum absolute atomic E-state index is 0.169. The molecule has 1 aromatic carbocycles. The molecule has 110 valence electrons. The van der Waals surface area contributed by atoms with Gasteiger partial charge < -0.3 is 15.8 Å². The first-order chi connectivity index (χ1) is 9.53. The summed E-state index contributed by atoms with van der Waals surface area (Å²) in [6.07, 6.45) is 1.61. The molecule has 1 heterocycles. The number of rotatable bonds is 4. The predicted molar refractivity (Wildman–Crippen MR) is 74.8 cm³/mol. The van der Waals surface area contributed by atoms with Crippen molar-refractivity contribution >= 4 is 5.91 Å². The maximum absolute atomic E-state index is 13.1. The third-order valence-corrected chi connectivity index (χ3v) is 3.92. The van der Waals surface area contributed by atoms with Crippen molar-refractivity contribution in [3.05, 3.63) is 35.6 Å². The maximum atomic E-state index is 13.1. The summed E-state index contributed by atoms with van der Waals surface area (Å²) in [5.74, 6) is -0.423. The number of hydrogen-bond acceptors (Lipinski definition) is 3. The second-order valence-corrected chi connectivity index (χ2v) is 5.41. The Balaban J connectivity index is 2.17. The van der Waals surface area contributed by atoms with Gasteiger partial charge in [-0.25, -0.2) is 4.39 Å². The van der Waals surface area contributed by atoms with E-state index in [2.05, 4.69) is 5.32 Å². The van der Waals surface area contributed by atoms with E-state index in [-0.39, 0.29) is 17.1 Å². The molecule has 3 N–H and O–H groups in total. The molecule has 0 bridgehead atoms. The van der Waals surface area contributed by atoms with Gasteiger partial charge in [0.1, 0.15) is 5.82 Å². The van der Waals surface area contributed by atoms with E-state index in [0.717, 1.165) is 18.4 Å². The molecule has 0 unspecified atom stereocenters. The quantitative estimate of drug-likeness (QED) is 0.874. The van der Waals surface area contributed by atoms with Gasteiger partial charge in [0.05, 0.1) is 6.04 Å². The van der Waals surface area contributed by atoms with Gasteiger partial charge in [0.25, 0.3) is 0 Å². The molecule has 0 radical (unpaired) electrons. The molecule has 1 aliphatic heterocycles. The van der Waals surface area contributed by atoms with Gasteiger partial charge >= 0.3 is 0 Å². The lowest BCUT2D eigenvalue weighted by atomic mass is 9.74. The van der Waals surface area contributed by atoms with Gasteiger partial charge in [0.15, 0.2) is 0 Å². The first-order valence-corrected chi connectivity index (χ1v) is 6.91. The highest BCUT2D eigenvalue weighted by Gasteiger charge is 2.35. The summed E-state index contributed by atoms with van der Waals surface area (Å²) in [6, 6.07) is 5.97. The normalized spacial score (nSPS) is 19.4. The molecule has 0 saturated carbocycles. The van der Waals surface area contributed by atoms with Crippen LogP contribution >= 0.6 is 0 Å². The van der Waals surface area contributed by atoms with Crippen molar-refractivity contribution in [2.45, 2.75) is 31.2 Å². The van der Waals surface area contributed by atoms with Crippen molar-refractivity contribution in [3.8, 4) is 0 Å². The van der Waals surface area contributed by atoms with Crippen LogP contribution in [-0.2, 0) is 14.9 Å². The summed E-state index contributed by atoms with van der Waals surface area (Å²) in [4.78, 5) is 11.7. The maximum Gasteiger partial charge on any atom is 0.236 e. The third kappa shape index (κ3) is 3.35. The molecule has 0 spiro atoms. The molecule has 2 rings (SSSR count). The predicted octanol–water partition coefficient (Wildman–Crippen LogP) is 1.34. The average Bonchev–Trinajstić information content (AvgIpc) is 2.46. The molecular weight excluding hydrogens is 259 g/mol. The Labute approximate surface area is 118 Å². The van der Waals surface area contributed by atoms with Gasteiger partial charge in [0, 0.05) is 25.2 Å². The summed E-state index contributed by atoms with van der Waals surface area (Å²) < 4.78 is 18.5. The highest BCUT2D eigenvalue weighted by atomic mass is 19.1. The molecule has 0 aliphatic carbocycles. The number of hydrogen-bond donors (Lipinski definition) is 2. The van der Waals surface area contributed by atoms with E-state index < -0.39 is 6.04 Å². The summed E-state index contributed by atoms with van der Waals surface area (Å²) >= 11 is 0. The highest BCUT2D eigenvalue weighted by molar-refractivity contribution is 5.81. The molecule has 1 fully saturated rings. The molecule has 1 aliphatic rings. The van der Waals surface area contributed by atoms with E-state index in [4.69, 9.17) is 10.5 Å². The average molecular weight is 280 g/mol. The van der Waals surface area contributed by atoms with Crippen LogP contribution in [-0.4, -0.2) is 31.7 Å². The number of carbonyl (C=O) groups is 1. The fraction of sp³-hybridized carbons (Fsp3) is 0.533. The molecule has 0 aromatic heterocycles. The van der Waals surface area contributed by atoms with Gasteiger partial charge in [-0.2, -0.15) is 0 Å². The Bertz CT molecular complexity index is 453. The van der Waals surface area contributed by atoms with Crippen molar-refractivity contribution < 1.29 is 13.9 Å². The van der Waals surface area contributed by atoms with Gasteiger partial charge in [-0.05, 0) is 37.5 Å². The van der Waals surface area contributed by atoms with Gasteiger partial charge in [-0.1, -0.05) is 12.1 Å². The van der Waals surface area contributed by atoms with E-state index in [0.29, 0.717) is 19.8 Å². The number of nitrogens with two attached hydrogens (primary N) is 1. The van der Waals surface area contributed by atoms with E-state index in [9.17, 15) is 9.18 Å². The zero-order valence-corrected chi connectivity index (χ0v) is 11.7. The van der Waals surface area contributed by atoms with E-state index in [1.807, 2.05) is 0 Å². The summed E-state index contributed by atoms with van der Waals surface area (Å²) in [6.45, 7) is 3.45. The third-order valence-electron chi connectivity index (χ3n) is 3.92. The molecule has 1 amide bonds. The standard InChI is InChI=1S/C15H21FN2O2/c1-11(17)14(19)18-10-15(6-8-20-9-7-15)12-2-4-13(16)5-3-12/h2-5,11H,6-10,17H2,1H3,(H,18,19)/t11-/m1/s1. The fourth-order valence-corrected chi connectivity index (χ4v) is 2.55. The van der Waals surface area contributed by atoms with E-state index in [1.165, 1.54) is 12.1 Å². The van der Waals surface area contributed by atoms with Gasteiger partial charge in [-0.15, -0.1) is 0 Å². The second kappa shape index (κ2) is 6.33. The number of amides is 1. The van der Waals surface area contributed by atoms with E-state index in [1.54, 1.807) is 19.1 Å². The molecular formula is C15H21FN2O2. The van der Waals surface area contributed by atoms with Crippen LogP contribution in [0.2, 0.25) is 0 Å². The fourth-order valence-electron chi connectivity index (χ4n) is 2.55. The second-order valence-electron chi connectivity index (χ2n) is 5.41. The van der Waals surface area contributed by atoms with Crippen LogP contribution < -0.4 is 11.1 Å². The molecule has 1 atom stereocenters. The zero-order chi connectivity index (χ0) is 14.6. The number of carbonyl (C=O) groups excluding carboxylic acids is 1. The summed E-state index contributed by atoms with van der Waals surface area (Å²) in [5, 5.41) is 2.89. The Morgan fingerprint density at radius 1 is 1.40 bits per heavy atom. The van der Waals surface area contributed by atoms with Crippen LogP contribution in [0.1, 0.15) is 25.3 Å². The number of halogens is 1. The number of benzene rings is 1. The van der Waals surface area contributed by atoms with Crippen LogP contribution in [0.5, 0.6) is 0 Å². The Kier molecular flexibility index (Phi) is 4.73. The monoisotopic (exact) mass is 280 g/mol. The lowest BCUT2D eigenvalue weighted by Crippen LogP contribution is -2.48. The lowest BCUT2D eigenvalue weighted by Gasteiger charge is -2.38.